The zero-order valence-corrected chi connectivity index (χ0v) is 12.5. The van der Waals surface area contributed by atoms with E-state index < -0.39 is 11.6 Å². The number of halogens is 2. The molecule has 0 heterocycles. The van der Waals surface area contributed by atoms with Crippen molar-refractivity contribution < 1.29 is 8.78 Å². The van der Waals surface area contributed by atoms with E-state index >= 15 is 0 Å². The van der Waals surface area contributed by atoms with Crippen LogP contribution in [0.25, 0.3) is 0 Å². The van der Waals surface area contributed by atoms with Crippen LogP contribution >= 0.6 is 0 Å². The molecule has 0 aliphatic heterocycles. The number of rotatable bonds is 6. The lowest BCUT2D eigenvalue weighted by Crippen LogP contribution is -2.23. The first kappa shape index (κ1) is 15.6. The van der Waals surface area contributed by atoms with E-state index in [1.807, 2.05) is 19.1 Å². The average Bonchev–Trinajstić information content (AvgIpc) is 2.46. The number of nitrogens with one attached hydrogen (secondary N) is 1. The van der Waals surface area contributed by atoms with Gasteiger partial charge in [0.15, 0.2) is 0 Å². The van der Waals surface area contributed by atoms with Gasteiger partial charge >= 0.3 is 0 Å². The predicted molar refractivity (Wildman–Crippen MR) is 82.5 cm³/mol. The van der Waals surface area contributed by atoms with E-state index in [4.69, 9.17) is 0 Å². The minimum atomic E-state index is -0.532. The Morgan fingerprint density at radius 1 is 1.10 bits per heavy atom. The highest BCUT2D eigenvalue weighted by molar-refractivity contribution is 5.32. The standard InChI is InChI=1S/C18H21F2N/c1-3-21-12-15(17-7-5-4-6-13(17)2)10-14-8-9-16(19)11-18(14)20/h4-9,11,15,21H,3,10,12H2,1-2H3. The molecule has 1 atom stereocenters. The molecule has 3 heteroatoms. The van der Waals surface area contributed by atoms with E-state index in [0.29, 0.717) is 12.0 Å². The SMILES string of the molecule is CCNCC(Cc1ccc(F)cc1F)c1ccccc1C. The van der Waals surface area contributed by atoms with Crippen LogP contribution in [-0.4, -0.2) is 13.1 Å². The molecule has 0 saturated carbocycles. The van der Waals surface area contributed by atoms with Gasteiger partial charge in [0.25, 0.3) is 0 Å². The molecule has 0 fully saturated rings. The van der Waals surface area contributed by atoms with E-state index in [2.05, 4.69) is 24.4 Å². The van der Waals surface area contributed by atoms with E-state index in [9.17, 15) is 8.78 Å². The van der Waals surface area contributed by atoms with Gasteiger partial charge in [-0.2, -0.15) is 0 Å². The van der Waals surface area contributed by atoms with Gasteiger partial charge in [-0.3, -0.25) is 0 Å². The zero-order chi connectivity index (χ0) is 15.2. The molecule has 0 spiro atoms. The summed E-state index contributed by atoms with van der Waals surface area (Å²) in [5.74, 6) is -0.827. The number of likely N-dealkylation sites (N-methyl/N-ethyl adjacent to an activating group) is 1. The Morgan fingerprint density at radius 3 is 2.52 bits per heavy atom. The summed E-state index contributed by atoms with van der Waals surface area (Å²) in [6, 6.07) is 12.0. The monoisotopic (exact) mass is 289 g/mol. The van der Waals surface area contributed by atoms with Crippen molar-refractivity contribution in [3.63, 3.8) is 0 Å². The largest absolute Gasteiger partial charge is 0.316 e. The van der Waals surface area contributed by atoms with Crippen LogP contribution in [0.3, 0.4) is 0 Å². The van der Waals surface area contributed by atoms with E-state index in [-0.39, 0.29) is 5.92 Å². The van der Waals surface area contributed by atoms with Gasteiger partial charge in [0.2, 0.25) is 0 Å². The quantitative estimate of drug-likeness (QED) is 0.840. The normalized spacial score (nSPS) is 12.4. The van der Waals surface area contributed by atoms with Crippen molar-refractivity contribution in [3.05, 3.63) is 70.8 Å². The molecule has 2 aromatic carbocycles. The Morgan fingerprint density at radius 2 is 1.86 bits per heavy atom. The Bertz CT molecular complexity index is 596. The molecule has 1 unspecified atom stereocenters. The fourth-order valence-electron chi connectivity index (χ4n) is 2.61. The highest BCUT2D eigenvalue weighted by atomic mass is 19.1. The van der Waals surface area contributed by atoms with Crippen LogP contribution in [-0.2, 0) is 6.42 Å². The van der Waals surface area contributed by atoms with Crippen LogP contribution in [0.1, 0.15) is 29.5 Å². The lowest BCUT2D eigenvalue weighted by molar-refractivity contribution is 0.546. The molecular weight excluding hydrogens is 268 g/mol. The van der Waals surface area contributed by atoms with Crippen LogP contribution < -0.4 is 5.32 Å². The fraction of sp³-hybridized carbons (Fsp3) is 0.333. The molecule has 2 aromatic rings. The topological polar surface area (TPSA) is 12.0 Å². The lowest BCUT2D eigenvalue weighted by atomic mass is 9.89. The van der Waals surface area contributed by atoms with Gasteiger partial charge < -0.3 is 5.32 Å². The van der Waals surface area contributed by atoms with Crippen molar-refractivity contribution in [2.45, 2.75) is 26.2 Å². The number of benzene rings is 2. The third-order valence-electron chi connectivity index (χ3n) is 3.75. The Labute approximate surface area is 125 Å². The summed E-state index contributed by atoms with van der Waals surface area (Å²) < 4.78 is 26.9. The van der Waals surface area contributed by atoms with Gasteiger partial charge in [0, 0.05) is 18.5 Å². The summed E-state index contributed by atoms with van der Waals surface area (Å²) >= 11 is 0. The van der Waals surface area contributed by atoms with Crippen LogP contribution in [0.4, 0.5) is 8.78 Å². The molecule has 2 rings (SSSR count). The van der Waals surface area contributed by atoms with Gasteiger partial charge in [-0.05, 0) is 42.6 Å². The van der Waals surface area contributed by atoms with Crippen molar-refractivity contribution >= 4 is 0 Å². The molecule has 0 radical (unpaired) electrons. The van der Waals surface area contributed by atoms with E-state index in [1.165, 1.54) is 17.2 Å². The number of hydrogen-bond acceptors (Lipinski definition) is 1. The minimum Gasteiger partial charge on any atom is -0.316 e. The fourth-order valence-corrected chi connectivity index (χ4v) is 2.61. The Kier molecular flexibility index (Phi) is 5.45. The first-order valence-corrected chi connectivity index (χ1v) is 7.32. The summed E-state index contributed by atoms with van der Waals surface area (Å²) in [6.07, 6.45) is 0.559. The lowest BCUT2D eigenvalue weighted by Gasteiger charge is -2.20. The van der Waals surface area contributed by atoms with Gasteiger partial charge in [0.1, 0.15) is 11.6 Å². The second-order valence-electron chi connectivity index (χ2n) is 5.30. The highest BCUT2D eigenvalue weighted by Crippen LogP contribution is 2.25. The Hall–Kier alpha value is -1.74. The average molecular weight is 289 g/mol. The van der Waals surface area contributed by atoms with E-state index in [0.717, 1.165) is 19.2 Å². The van der Waals surface area contributed by atoms with E-state index in [1.54, 1.807) is 6.07 Å². The smallest absolute Gasteiger partial charge is 0.129 e. The van der Waals surface area contributed by atoms with Crippen LogP contribution in [0, 0.1) is 18.6 Å². The maximum Gasteiger partial charge on any atom is 0.129 e. The predicted octanol–water partition coefficient (Wildman–Crippen LogP) is 4.21. The second-order valence-corrected chi connectivity index (χ2v) is 5.30. The molecular formula is C18H21F2N. The molecule has 0 aliphatic carbocycles. The summed E-state index contributed by atoms with van der Waals surface area (Å²) in [7, 11) is 0. The second kappa shape index (κ2) is 7.32. The van der Waals surface area contributed by atoms with Crippen LogP contribution in [0.15, 0.2) is 42.5 Å². The molecule has 1 N–H and O–H groups in total. The summed E-state index contributed by atoms with van der Waals surface area (Å²) in [5, 5.41) is 3.33. The molecule has 1 nitrogen and oxygen atoms in total. The summed E-state index contributed by atoms with van der Waals surface area (Å²) in [5.41, 5.74) is 2.97. The minimum absolute atomic E-state index is 0.172. The number of hydrogen-bond donors (Lipinski definition) is 1. The number of aryl methyl sites for hydroxylation is 1. The molecule has 0 aromatic heterocycles. The van der Waals surface area contributed by atoms with Crippen molar-refractivity contribution in [2.75, 3.05) is 13.1 Å². The van der Waals surface area contributed by atoms with Crippen molar-refractivity contribution in [1.29, 1.82) is 0 Å². The van der Waals surface area contributed by atoms with Crippen LogP contribution in [0.5, 0.6) is 0 Å². The molecule has 0 saturated heterocycles. The molecule has 0 bridgehead atoms. The first-order chi connectivity index (χ1) is 10.1. The molecule has 112 valence electrons. The molecule has 0 aliphatic rings. The van der Waals surface area contributed by atoms with Gasteiger partial charge in [-0.15, -0.1) is 0 Å². The third-order valence-corrected chi connectivity index (χ3v) is 3.75. The van der Waals surface area contributed by atoms with Gasteiger partial charge in [-0.1, -0.05) is 37.3 Å². The Balaban J connectivity index is 2.26. The molecule has 0 amide bonds. The first-order valence-electron chi connectivity index (χ1n) is 7.32. The van der Waals surface area contributed by atoms with Crippen molar-refractivity contribution in [2.24, 2.45) is 0 Å². The third kappa shape index (κ3) is 4.11. The zero-order valence-electron chi connectivity index (χ0n) is 12.5. The highest BCUT2D eigenvalue weighted by Gasteiger charge is 2.16. The van der Waals surface area contributed by atoms with Gasteiger partial charge in [-0.25, -0.2) is 8.78 Å². The van der Waals surface area contributed by atoms with Gasteiger partial charge in [0.05, 0.1) is 0 Å². The van der Waals surface area contributed by atoms with Crippen LogP contribution in [0.2, 0.25) is 0 Å². The molecule has 21 heavy (non-hydrogen) atoms. The maximum atomic E-state index is 13.9. The van der Waals surface area contributed by atoms with Crippen molar-refractivity contribution in [3.8, 4) is 0 Å². The maximum absolute atomic E-state index is 13.9. The summed E-state index contributed by atoms with van der Waals surface area (Å²) in [6.45, 7) is 5.76. The summed E-state index contributed by atoms with van der Waals surface area (Å²) in [4.78, 5) is 0. The van der Waals surface area contributed by atoms with Crippen molar-refractivity contribution in [1.82, 2.24) is 5.32 Å².